The van der Waals surface area contributed by atoms with Crippen molar-refractivity contribution in [2.24, 2.45) is 5.10 Å². The third-order valence-corrected chi connectivity index (χ3v) is 3.84. The van der Waals surface area contributed by atoms with Gasteiger partial charge >= 0.3 is 0 Å². The lowest BCUT2D eigenvalue weighted by Gasteiger charge is -2.25. The van der Waals surface area contributed by atoms with Crippen LogP contribution in [-0.4, -0.2) is 29.3 Å². The maximum absolute atomic E-state index is 11.0. The summed E-state index contributed by atoms with van der Waals surface area (Å²) in [5.74, 6) is 0.167. The van der Waals surface area contributed by atoms with Crippen molar-refractivity contribution < 1.29 is 9.84 Å². The Kier molecular flexibility index (Phi) is 6.11. The topological polar surface area (TPSA) is 65.9 Å². The first-order valence-electron chi connectivity index (χ1n) is 7.95. The van der Waals surface area contributed by atoms with E-state index < -0.39 is 5.60 Å². The molecule has 0 amide bonds. The van der Waals surface area contributed by atoms with E-state index in [4.69, 9.17) is 17.0 Å². The minimum atomic E-state index is -1.38. The highest BCUT2D eigenvalue weighted by Crippen LogP contribution is 2.26. The van der Waals surface area contributed by atoms with E-state index in [1.54, 1.807) is 6.92 Å². The molecule has 5 nitrogen and oxygen atoms in total. The average molecular weight is 345 g/mol. The zero-order chi connectivity index (χ0) is 17.6. The number of hydrogen-bond acceptors (Lipinski definition) is 4. The lowest BCUT2D eigenvalue weighted by atomic mass is 9.93. The van der Waals surface area contributed by atoms with Crippen LogP contribution < -0.4 is 10.7 Å². The second-order valence-electron chi connectivity index (χ2n) is 5.46. The first kappa shape index (κ1) is 18.2. The van der Waals surface area contributed by atoms with Gasteiger partial charge in [-0.1, -0.05) is 36.4 Å². The summed E-state index contributed by atoms with van der Waals surface area (Å²) >= 11 is 5.09. The average Bonchev–Trinajstić information content (AvgIpc) is 2.58. The SMILES string of the molecule is CCNC(=S)N/N=C(/OCC)C(C)(O)c1ccc2ccccc2c1. The van der Waals surface area contributed by atoms with Crippen LogP contribution in [0, 0.1) is 0 Å². The molecule has 0 aromatic heterocycles. The van der Waals surface area contributed by atoms with Crippen molar-refractivity contribution in [2.75, 3.05) is 13.2 Å². The normalized spacial score (nSPS) is 14.1. The molecule has 0 fully saturated rings. The maximum Gasteiger partial charge on any atom is 0.243 e. The van der Waals surface area contributed by atoms with E-state index in [2.05, 4.69) is 15.8 Å². The van der Waals surface area contributed by atoms with Crippen LogP contribution in [0.4, 0.5) is 0 Å². The first-order valence-corrected chi connectivity index (χ1v) is 8.36. The van der Waals surface area contributed by atoms with Gasteiger partial charge in [-0.2, -0.15) is 0 Å². The van der Waals surface area contributed by atoms with Crippen molar-refractivity contribution in [3.05, 3.63) is 48.0 Å². The number of rotatable bonds is 5. The minimum absolute atomic E-state index is 0.167. The molecule has 0 saturated carbocycles. The van der Waals surface area contributed by atoms with Gasteiger partial charge in [-0.3, -0.25) is 5.43 Å². The fraction of sp³-hybridized carbons (Fsp3) is 0.333. The van der Waals surface area contributed by atoms with Gasteiger partial charge in [-0.15, -0.1) is 5.10 Å². The molecule has 128 valence electrons. The number of hydrazone groups is 1. The molecule has 2 aromatic rings. The van der Waals surface area contributed by atoms with Crippen LogP contribution in [0.25, 0.3) is 10.8 Å². The smallest absolute Gasteiger partial charge is 0.243 e. The number of thiocarbonyl (C=S) groups is 1. The van der Waals surface area contributed by atoms with Crippen molar-refractivity contribution in [1.82, 2.24) is 10.7 Å². The van der Waals surface area contributed by atoms with Crippen molar-refractivity contribution in [3.63, 3.8) is 0 Å². The monoisotopic (exact) mass is 345 g/mol. The Morgan fingerprint density at radius 1 is 1.21 bits per heavy atom. The lowest BCUT2D eigenvalue weighted by molar-refractivity contribution is 0.0957. The third-order valence-electron chi connectivity index (χ3n) is 3.61. The molecule has 0 bridgehead atoms. The quantitative estimate of drug-likeness (QED) is 0.337. The van der Waals surface area contributed by atoms with Crippen LogP contribution in [0.5, 0.6) is 0 Å². The Morgan fingerprint density at radius 3 is 2.58 bits per heavy atom. The van der Waals surface area contributed by atoms with Gasteiger partial charge in [-0.25, -0.2) is 0 Å². The molecule has 0 radical (unpaired) electrons. The van der Waals surface area contributed by atoms with Crippen molar-refractivity contribution in [2.45, 2.75) is 26.4 Å². The number of fused-ring (bicyclic) bond motifs is 1. The van der Waals surface area contributed by atoms with Gasteiger partial charge in [0.15, 0.2) is 10.7 Å². The molecule has 0 saturated heterocycles. The van der Waals surface area contributed by atoms with Gasteiger partial charge in [0, 0.05) is 6.54 Å². The molecule has 0 aliphatic heterocycles. The third kappa shape index (κ3) is 4.21. The Bertz CT molecular complexity index is 744. The highest BCUT2D eigenvalue weighted by molar-refractivity contribution is 7.80. The number of benzene rings is 2. The molecule has 0 spiro atoms. The number of hydrogen-bond donors (Lipinski definition) is 3. The summed E-state index contributed by atoms with van der Waals surface area (Å²) in [4.78, 5) is 0. The largest absolute Gasteiger partial charge is 0.478 e. The van der Waals surface area contributed by atoms with Gasteiger partial charge < -0.3 is 15.2 Å². The van der Waals surface area contributed by atoms with E-state index in [0.717, 1.165) is 10.8 Å². The van der Waals surface area contributed by atoms with E-state index >= 15 is 0 Å². The summed E-state index contributed by atoms with van der Waals surface area (Å²) in [5, 5.41) is 20.6. The zero-order valence-corrected chi connectivity index (χ0v) is 15.0. The minimum Gasteiger partial charge on any atom is -0.478 e. The molecule has 2 rings (SSSR count). The Hall–Kier alpha value is -2.18. The molecule has 0 aliphatic carbocycles. The van der Waals surface area contributed by atoms with Gasteiger partial charge in [0.2, 0.25) is 5.90 Å². The molecule has 2 aromatic carbocycles. The molecule has 0 heterocycles. The Labute approximate surface area is 147 Å². The molecule has 6 heteroatoms. The van der Waals surface area contributed by atoms with Crippen LogP contribution in [0.15, 0.2) is 47.6 Å². The van der Waals surface area contributed by atoms with Gasteiger partial charge in [0.25, 0.3) is 0 Å². The summed E-state index contributed by atoms with van der Waals surface area (Å²) < 4.78 is 5.55. The molecule has 1 unspecified atom stereocenters. The fourth-order valence-electron chi connectivity index (χ4n) is 2.34. The second kappa shape index (κ2) is 8.08. The van der Waals surface area contributed by atoms with Crippen LogP contribution in [0.3, 0.4) is 0 Å². The molecule has 1 atom stereocenters. The van der Waals surface area contributed by atoms with Gasteiger partial charge in [-0.05, 0) is 55.4 Å². The highest BCUT2D eigenvalue weighted by atomic mass is 32.1. The van der Waals surface area contributed by atoms with Crippen molar-refractivity contribution >= 4 is 34.0 Å². The van der Waals surface area contributed by atoms with E-state index in [0.29, 0.717) is 23.8 Å². The maximum atomic E-state index is 11.0. The summed E-state index contributed by atoms with van der Waals surface area (Å²) in [6.45, 7) is 6.51. The van der Waals surface area contributed by atoms with Crippen molar-refractivity contribution in [3.8, 4) is 0 Å². The summed E-state index contributed by atoms with van der Waals surface area (Å²) in [5.41, 5.74) is 2.02. The van der Waals surface area contributed by atoms with E-state index in [-0.39, 0.29) is 5.90 Å². The second-order valence-corrected chi connectivity index (χ2v) is 5.86. The van der Waals surface area contributed by atoms with Crippen LogP contribution in [0.1, 0.15) is 26.3 Å². The standard InChI is InChI=1S/C18H23N3O2S/c1-4-19-17(24)21-20-16(23-5-2)18(3,22)15-11-10-13-8-6-7-9-14(13)12-15/h6-12,22H,4-5H2,1-3H3,(H2,19,21,24)/b20-16+. The van der Waals surface area contributed by atoms with E-state index in [9.17, 15) is 5.11 Å². The van der Waals surface area contributed by atoms with Crippen LogP contribution in [0.2, 0.25) is 0 Å². The molecular formula is C18H23N3O2S. The lowest BCUT2D eigenvalue weighted by Crippen LogP contribution is -2.38. The summed E-state index contributed by atoms with van der Waals surface area (Å²) in [6, 6.07) is 13.8. The van der Waals surface area contributed by atoms with Crippen molar-refractivity contribution in [1.29, 1.82) is 0 Å². The Balaban J connectivity index is 2.34. The first-order chi connectivity index (χ1) is 11.5. The highest BCUT2D eigenvalue weighted by Gasteiger charge is 2.32. The van der Waals surface area contributed by atoms with Crippen LogP contribution in [-0.2, 0) is 10.3 Å². The summed E-state index contributed by atoms with van der Waals surface area (Å²) in [7, 11) is 0. The number of ether oxygens (including phenoxy) is 1. The van der Waals surface area contributed by atoms with Gasteiger partial charge in [0.1, 0.15) is 0 Å². The van der Waals surface area contributed by atoms with Crippen LogP contribution >= 0.6 is 12.2 Å². The molecule has 3 N–H and O–H groups in total. The Morgan fingerprint density at radius 2 is 1.92 bits per heavy atom. The molecule has 0 aliphatic rings. The predicted molar refractivity (Wildman–Crippen MR) is 102 cm³/mol. The van der Waals surface area contributed by atoms with E-state index in [1.807, 2.05) is 56.3 Å². The zero-order valence-electron chi connectivity index (χ0n) is 14.2. The fourth-order valence-corrected chi connectivity index (χ4v) is 2.53. The molecular weight excluding hydrogens is 322 g/mol. The summed E-state index contributed by atoms with van der Waals surface area (Å²) in [6.07, 6.45) is 0. The van der Waals surface area contributed by atoms with E-state index in [1.165, 1.54) is 0 Å². The molecule has 24 heavy (non-hydrogen) atoms. The number of nitrogens with zero attached hydrogens (tertiary/aromatic N) is 1. The number of nitrogens with one attached hydrogen (secondary N) is 2. The predicted octanol–water partition coefficient (Wildman–Crippen LogP) is 2.88. The van der Waals surface area contributed by atoms with Gasteiger partial charge in [0.05, 0.1) is 6.61 Å². The number of aliphatic hydroxyl groups is 1.